The first-order chi connectivity index (χ1) is 11.5. The Morgan fingerprint density at radius 2 is 2.25 bits per heavy atom. The Labute approximate surface area is 139 Å². The maximum absolute atomic E-state index is 13.9. The third kappa shape index (κ3) is 4.72. The van der Waals surface area contributed by atoms with Crippen molar-refractivity contribution in [3.05, 3.63) is 35.4 Å². The van der Waals surface area contributed by atoms with Crippen LogP contribution in [0, 0.1) is 11.6 Å². The molecule has 0 aliphatic carbocycles. The number of halogens is 2. The van der Waals surface area contributed by atoms with E-state index in [1.807, 2.05) is 0 Å². The fraction of sp³-hybridized carbons (Fsp3) is 0.500. The van der Waals surface area contributed by atoms with Gasteiger partial charge in [0, 0.05) is 38.9 Å². The van der Waals surface area contributed by atoms with Crippen molar-refractivity contribution < 1.29 is 23.1 Å². The highest BCUT2D eigenvalue weighted by Gasteiger charge is 2.32. The summed E-state index contributed by atoms with van der Waals surface area (Å²) in [5.74, 6) is -2.44. The second-order valence-electron chi connectivity index (χ2n) is 5.54. The van der Waals surface area contributed by atoms with Crippen LogP contribution in [0.4, 0.5) is 8.78 Å². The molecule has 0 bridgehead atoms. The zero-order valence-electron chi connectivity index (χ0n) is 13.5. The lowest BCUT2D eigenvalue weighted by molar-refractivity contribution is -0.134. The minimum atomic E-state index is -0.928. The first-order valence-corrected chi connectivity index (χ1v) is 7.73. The highest BCUT2D eigenvalue weighted by molar-refractivity contribution is 5.88. The molecule has 6 nitrogen and oxygen atoms in total. The van der Waals surface area contributed by atoms with E-state index in [1.165, 1.54) is 19.2 Å². The fourth-order valence-electron chi connectivity index (χ4n) is 2.60. The van der Waals surface area contributed by atoms with Crippen molar-refractivity contribution in [1.82, 2.24) is 15.5 Å². The van der Waals surface area contributed by atoms with Gasteiger partial charge in [-0.1, -0.05) is 12.1 Å². The highest BCUT2D eigenvalue weighted by Crippen LogP contribution is 2.17. The summed E-state index contributed by atoms with van der Waals surface area (Å²) < 4.78 is 32.0. The Hall–Kier alpha value is -2.06. The molecular weight excluding hydrogens is 320 g/mol. The number of hydrogen-bond acceptors (Lipinski definition) is 4. The Morgan fingerprint density at radius 1 is 1.46 bits per heavy atom. The van der Waals surface area contributed by atoms with Gasteiger partial charge in [0.15, 0.2) is 11.6 Å². The minimum absolute atomic E-state index is 0.0491. The van der Waals surface area contributed by atoms with Gasteiger partial charge in [-0.2, -0.15) is 0 Å². The topological polar surface area (TPSA) is 70.7 Å². The minimum Gasteiger partial charge on any atom is -0.383 e. The lowest BCUT2D eigenvalue weighted by Gasteiger charge is -2.34. The van der Waals surface area contributed by atoms with Crippen LogP contribution in [-0.2, 0) is 20.9 Å². The number of amides is 2. The van der Waals surface area contributed by atoms with Crippen molar-refractivity contribution in [2.45, 2.75) is 19.0 Å². The van der Waals surface area contributed by atoms with Crippen LogP contribution in [0.5, 0.6) is 0 Å². The number of ether oxygens (including phenoxy) is 1. The molecule has 1 aliphatic heterocycles. The van der Waals surface area contributed by atoms with Crippen LogP contribution in [-0.4, -0.2) is 56.1 Å². The number of piperazine rings is 1. The van der Waals surface area contributed by atoms with Gasteiger partial charge >= 0.3 is 0 Å². The van der Waals surface area contributed by atoms with E-state index >= 15 is 0 Å². The molecule has 1 aromatic carbocycles. The molecule has 0 saturated carbocycles. The van der Waals surface area contributed by atoms with E-state index in [2.05, 4.69) is 10.6 Å². The van der Waals surface area contributed by atoms with Crippen molar-refractivity contribution >= 4 is 11.8 Å². The largest absolute Gasteiger partial charge is 0.383 e. The SMILES string of the molecule is COCCNC(=O)C[C@H]1C(=O)NCCN1Cc1cccc(F)c1F. The van der Waals surface area contributed by atoms with Gasteiger partial charge < -0.3 is 15.4 Å². The Kier molecular flexibility index (Phi) is 6.62. The molecule has 8 heteroatoms. The number of benzene rings is 1. The number of methoxy groups -OCH3 is 1. The number of nitrogens with zero attached hydrogens (tertiary/aromatic N) is 1. The lowest BCUT2D eigenvalue weighted by atomic mass is 10.1. The summed E-state index contributed by atoms with van der Waals surface area (Å²) in [4.78, 5) is 25.7. The quantitative estimate of drug-likeness (QED) is 0.705. The molecule has 1 saturated heterocycles. The van der Waals surface area contributed by atoms with Gasteiger partial charge in [0.2, 0.25) is 11.8 Å². The van der Waals surface area contributed by atoms with Crippen LogP contribution >= 0.6 is 0 Å². The number of rotatable bonds is 7. The number of carbonyl (C=O) groups is 2. The zero-order chi connectivity index (χ0) is 17.5. The molecule has 0 radical (unpaired) electrons. The number of nitrogens with one attached hydrogen (secondary N) is 2. The summed E-state index contributed by atoms with van der Waals surface area (Å²) in [7, 11) is 1.52. The van der Waals surface area contributed by atoms with Gasteiger partial charge in [-0.25, -0.2) is 8.78 Å². The number of carbonyl (C=O) groups excluding carboxylic acids is 2. The van der Waals surface area contributed by atoms with E-state index in [0.29, 0.717) is 26.2 Å². The first-order valence-electron chi connectivity index (χ1n) is 7.73. The predicted octanol–water partition coefficient (Wildman–Crippen LogP) is 0.418. The van der Waals surface area contributed by atoms with Gasteiger partial charge in [-0.05, 0) is 6.07 Å². The van der Waals surface area contributed by atoms with E-state index in [9.17, 15) is 18.4 Å². The normalized spacial score (nSPS) is 18.3. The van der Waals surface area contributed by atoms with Gasteiger partial charge in [0.05, 0.1) is 19.1 Å². The van der Waals surface area contributed by atoms with E-state index in [0.717, 1.165) is 6.07 Å². The average molecular weight is 341 g/mol. The van der Waals surface area contributed by atoms with E-state index in [1.54, 1.807) is 4.90 Å². The Morgan fingerprint density at radius 3 is 3.00 bits per heavy atom. The monoisotopic (exact) mass is 341 g/mol. The molecule has 2 N–H and O–H groups in total. The first kappa shape index (κ1) is 18.3. The lowest BCUT2D eigenvalue weighted by Crippen LogP contribution is -2.56. The average Bonchev–Trinajstić information content (AvgIpc) is 2.55. The summed E-state index contributed by atoms with van der Waals surface area (Å²) in [6.07, 6.45) is -0.0491. The molecule has 1 atom stereocenters. The van der Waals surface area contributed by atoms with Crippen molar-refractivity contribution in [3.63, 3.8) is 0 Å². The van der Waals surface area contributed by atoms with Crippen LogP contribution < -0.4 is 10.6 Å². The van der Waals surface area contributed by atoms with Crippen molar-refractivity contribution in [3.8, 4) is 0 Å². The molecule has 132 valence electrons. The van der Waals surface area contributed by atoms with Crippen molar-refractivity contribution in [2.24, 2.45) is 0 Å². The smallest absolute Gasteiger partial charge is 0.237 e. The molecule has 0 aromatic heterocycles. The maximum Gasteiger partial charge on any atom is 0.237 e. The van der Waals surface area contributed by atoms with Gasteiger partial charge in [-0.15, -0.1) is 0 Å². The highest BCUT2D eigenvalue weighted by atomic mass is 19.2. The maximum atomic E-state index is 13.9. The van der Waals surface area contributed by atoms with Crippen LogP contribution in [0.25, 0.3) is 0 Å². The Balaban J connectivity index is 2.04. The predicted molar refractivity (Wildman–Crippen MR) is 83.1 cm³/mol. The van der Waals surface area contributed by atoms with Gasteiger partial charge in [0.1, 0.15) is 0 Å². The summed E-state index contributed by atoms with van der Waals surface area (Å²) in [5, 5.41) is 5.35. The molecule has 0 unspecified atom stereocenters. The van der Waals surface area contributed by atoms with Crippen molar-refractivity contribution in [2.75, 3.05) is 33.4 Å². The standard InChI is InChI=1S/C16H21F2N3O3/c1-24-8-6-19-14(22)9-13-16(23)20-5-7-21(13)10-11-3-2-4-12(17)15(11)18/h2-4,13H,5-10H2,1H3,(H,19,22)(H,20,23)/t13-/m0/s1. The van der Waals surface area contributed by atoms with Gasteiger partial charge in [-0.3, -0.25) is 14.5 Å². The Bertz CT molecular complexity index is 598. The third-order valence-corrected chi connectivity index (χ3v) is 3.85. The van der Waals surface area contributed by atoms with E-state index < -0.39 is 17.7 Å². The molecule has 1 fully saturated rings. The van der Waals surface area contributed by atoms with Crippen LogP contribution in [0.3, 0.4) is 0 Å². The fourth-order valence-corrected chi connectivity index (χ4v) is 2.60. The zero-order valence-corrected chi connectivity index (χ0v) is 13.5. The van der Waals surface area contributed by atoms with Crippen LogP contribution in [0.15, 0.2) is 18.2 Å². The summed E-state index contributed by atoms with van der Waals surface area (Å²) in [5.41, 5.74) is 0.162. The molecule has 2 rings (SSSR count). The summed E-state index contributed by atoms with van der Waals surface area (Å²) in [6, 6.07) is 3.22. The summed E-state index contributed by atoms with van der Waals surface area (Å²) in [6.45, 7) is 1.64. The third-order valence-electron chi connectivity index (χ3n) is 3.85. The van der Waals surface area contributed by atoms with Gasteiger partial charge in [0.25, 0.3) is 0 Å². The molecule has 0 spiro atoms. The van der Waals surface area contributed by atoms with E-state index in [-0.39, 0.29) is 30.3 Å². The molecule has 1 aliphatic rings. The molecule has 1 aromatic rings. The van der Waals surface area contributed by atoms with Crippen LogP contribution in [0.1, 0.15) is 12.0 Å². The second-order valence-corrected chi connectivity index (χ2v) is 5.54. The molecular formula is C16H21F2N3O3. The van der Waals surface area contributed by atoms with Crippen molar-refractivity contribution in [1.29, 1.82) is 0 Å². The molecule has 24 heavy (non-hydrogen) atoms. The van der Waals surface area contributed by atoms with Crippen LogP contribution in [0.2, 0.25) is 0 Å². The second kappa shape index (κ2) is 8.70. The number of hydrogen-bond donors (Lipinski definition) is 2. The summed E-state index contributed by atoms with van der Waals surface area (Å²) >= 11 is 0. The molecule has 2 amide bonds. The van der Waals surface area contributed by atoms with E-state index in [4.69, 9.17) is 4.74 Å². The molecule has 1 heterocycles.